The van der Waals surface area contributed by atoms with Crippen LogP contribution in [0.2, 0.25) is 0 Å². The molecule has 2 nitrogen and oxygen atoms in total. The minimum atomic E-state index is -1.67. The second-order valence-corrected chi connectivity index (χ2v) is 1.52. The van der Waals surface area contributed by atoms with Crippen molar-refractivity contribution < 1.29 is 13.6 Å². The van der Waals surface area contributed by atoms with E-state index in [1.54, 1.807) is 0 Å². The largest absolute Gasteiger partial charge is 0.680 e. The lowest BCUT2D eigenvalue weighted by atomic mass is 10.3. The molecule has 0 heterocycles. The molecule has 0 aliphatic carbocycles. The lowest BCUT2D eigenvalue weighted by Crippen LogP contribution is -2.17. The van der Waals surface area contributed by atoms with Crippen LogP contribution >= 0.6 is 0 Å². The Bertz CT molecular complexity index is 95.9. The fraction of sp³-hybridized carbons (Fsp3) is 0.333. The number of halogens is 1. The quantitative estimate of drug-likeness (QED) is 0.413. The number of hydrogen-bond donors (Lipinski definition) is 0. The zero-order valence-corrected chi connectivity index (χ0v) is 5.75. The van der Waals surface area contributed by atoms with Crippen molar-refractivity contribution in [2.45, 2.75) is 0 Å². The summed E-state index contributed by atoms with van der Waals surface area (Å²) in [6.45, 7) is 6.99. The molecule has 0 aromatic carbocycles. The van der Waals surface area contributed by atoms with Gasteiger partial charge in [-0.3, -0.25) is 4.32 Å². The highest BCUT2D eigenvalue weighted by atomic mass is 19.1. The van der Waals surface area contributed by atoms with Gasteiger partial charge in [0.1, 0.15) is 0 Å². The molecule has 0 N–H and O–H groups in total. The van der Waals surface area contributed by atoms with Crippen LogP contribution in [0.1, 0.15) is 0 Å². The predicted octanol–water partition coefficient (Wildman–Crippen LogP) is 1.35. The smallest absolute Gasteiger partial charge is 0.379 e. The molecule has 0 spiro atoms. The monoisotopic (exact) mass is 144 g/mol. The Morgan fingerprint density at radius 3 is 1.90 bits per heavy atom. The summed E-state index contributed by atoms with van der Waals surface area (Å²) in [7, 11) is -1.67. The average Bonchev–Trinajstić information content (AvgIpc) is 1.97. The Morgan fingerprint density at radius 1 is 1.20 bits per heavy atom. The van der Waals surface area contributed by atoms with Crippen LogP contribution in [0.15, 0.2) is 25.3 Å². The summed E-state index contributed by atoms with van der Waals surface area (Å²) >= 11 is 0. The zero-order chi connectivity index (χ0) is 7.82. The van der Waals surface area contributed by atoms with Crippen molar-refractivity contribution in [2.24, 2.45) is 0 Å². The summed E-state index contributed by atoms with van der Waals surface area (Å²) in [5.41, 5.74) is 0. The van der Waals surface area contributed by atoms with Crippen molar-refractivity contribution in [3.8, 4) is 0 Å². The van der Waals surface area contributed by atoms with Crippen LogP contribution in [0.25, 0.3) is 0 Å². The van der Waals surface area contributed by atoms with E-state index in [1.165, 1.54) is 12.2 Å². The van der Waals surface area contributed by atoms with Crippen LogP contribution in [0.4, 0.5) is 4.32 Å². The standard InChI is InChI=1S/C6H10BFO2/c1-3-5-9-7(8)10-6-4-2/h3-4H,1-2,5-6H2. The van der Waals surface area contributed by atoms with Gasteiger partial charge in [0.05, 0.1) is 13.2 Å². The Balaban J connectivity index is 3.15. The van der Waals surface area contributed by atoms with Gasteiger partial charge in [-0.1, -0.05) is 12.2 Å². The first-order valence-electron chi connectivity index (χ1n) is 2.90. The molecule has 0 atom stereocenters. The summed E-state index contributed by atoms with van der Waals surface area (Å²) in [5, 5.41) is 0. The highest BCUT2D eigenvalue weighted by Gasteiger charge is 2.15. The molecule has 0 fully saturated rings. The van der Waals surface area contributed by atoms with Crippen LogP contribution in [-0.4, -0.2) is 20.6 Å². The highest BCUT2D eigenvalue weighted by Crippen LogP contribution is 1.90. The number of hydrogen-bond acceptors (Lipinski definition) is 2. The Labute approximate surface area is 60.5 Å². The second kappa shape index (κ2) is 6.51. The molecular formula is C6H10BFO2. The molecule has 0 saturated carbocycles. The third-order valence-corrected chi connectivity index (χ3v) is 0.690. The van der Waals surface area contributed by atoms with Crippen LogP contribution < -0.4 is 0 Å². The summed E-state index contributed by atoms with van der Waals surface area (Å²) in [4.78, 5) is 0. The van der Waals surface area contributed by atoms with Gasteiger partial charge < -0.3 is 9.31 Å². The van der Waals surface area contributed by atoms with Gasteiger partial charge in [0.2, 0.25) is 0 Å². The molecule has 0 aliphatic rings. The van der Waals surface area contributed by atoms with E-state index in [1.807, 2.05) is 0 Å². The fourth-order valence-corrected chi connectivity index (χ4v) is 0.336. The minimum absolute atomic E-state index is 0.151. The highest BCUT2D eigenvalue weighted by molar-refractivity contribution is 6.35. The van der Waals surface area contributed by atoms with Gasteiger partial charge in [-0.25, -0.2) is 0 Å². The summed E-state index contributed by atoms with van der Waals surface area (Å²) in [6, 6.07) is 0. The van der Waals surface area contributed by atoms with Gasteiger partial charge in [-0.05, 0) is 0 Å². The zero-order valence-electron chi connectivity index (χ0n) is 5.75. The third-order valence-electron chi connectivity index (χ3n) is 0.690. The van der Waals surface area contributed by atoms with Crippen molar-refractivity contribution in [1.29, 1.82) is 0 Å². The van der Waals surface area contributed by atoms with Crippen LogP contribution in [-0.2, 0) is 9.31 Å². The van der Waals surface area contributed by atoms with E-state index >= 15 is 0 Å². The molecule has 0 aliphatic heterocycles. The minimum Gasteiger partial charge on any atom is -0.379 e. The Hall–Kier alpha value is -0.605. The maximum atomic E-state index is 12.2. The molecule has 0 saturated heterocycles. The maximum Gasteiger partial charge on any atom is 0.680 e. The first kappa shape index (κ1) is 9.39. The van der Waals surface area contributed by atoms with E-state index in [4.69, 9.17) is 0 Å². The van der Waals surface area contributed by atoms with Crippen LogP contribution in [0, 0.1) is 0 Å². The fourth-order valence-electron chi connectivity index (χ4n) is 0.336. The average molecular weight is 144 g/mol. The Morgan fingerprint density at radius 2 is 1.60 bits per heavy atom. The van der Waals surface area contributed by atoms with E-state index < -0.39 is 7.40 Å². The molecular weight excluding hydrogens is 134 g/mol. The van der Waals surface area contributed by atoms with E-state index in [9.17, 15) is 4.32 Å². The molecule has 0 aromatic heterocycles. The summed E-state index contributed by atoms with van der Waals surface area (Å²) in [6.07, 6.45) is 2.90. The maximum absolute atomic E-state index is 12.2. The van der Waals surface area contributed by atoms with Crippen molar-refractivity contribution in [3.05, 3.63) is 25.3 Å². The van der Waals surface area contributed by atoms with Crippen molar-refractivity contribution in [3.63, 3.8) is 0 Å². The first-order valence-corrected chi connectivity index (χ1v) is 2.90. The van der Waals surface area contributed by atoms with Gasteiger partial charge >= 0.3 is 7.40 Å². The second-order valence-electron chi connectivity index (χ2n) is 1.52. The third kappa shape index (κ3) is 5.53. The number of rotatable bonds is 6. The van der Waals surface area contributed by atoms with Gasteiger partial charge in [0.25, 0.3) is 0 Å². The van der Waals surface area contributed by atoms with Crippen molar-refractivity contribution >= 4 is 7.40 Å². The predicted molar refractivity (Wildman–Crippen MR) is 39.2 cm³/mol. The lowest BCUT2D eigenvalue weighted by molar-refractivity contribution is 0.193. The molecule has 0 unspecified atom stereocenters. The van der Waals surface area contributed by atoms with Gasteiger partial charge in [0.15, 0.2) is 0 Å². The lowest BCUT2D eigenvalue weighted by Gasteiger charge is -2.01. The summed E-state index contributed by atoms with van der Waals surface area (Å²) in [5.74, 6) is 0. The molecule has 0 bridgehead atoms. The van der Waals surface area contributed by atoms with Crippen molar-refractivity contribution in [2.75, 3.05) is 13.2 Å². The van der Waals surface area contributed by atoms with Crippen molar-refractivity contribution in [1.82, 2.24) is 0 Å². The molecule has 56 valence electrons. The van der Waals surface area contributed by atoms with Crippen LogP contribution in [0.5, 0.6) is 0 Å². The normalized spacial score (nSPS) is 8.90. The first-order chi connectivity index (χ1) is 4.81. The van der Waals surface area contributed by atoms with E-state index in [2.05, 4.69) is 22.5 Å². The topological polar surface area (TPSA) is 18.5 Å². The van der Waals surface area contributed by atoms with Gasteiger partial charge in [-0.15, -0.1) is 13.2 Å². The molecule has 4 heteroatoms. The van der Waals surface area contributed by atoms with E-state index in [-0.39, 0.29) is 13.2 Å². The SMILES string of the molecule is C=CCOB(F)OCC=C. The molecule has 0 amide bonds. The van der Waals surface area contributed by atoms with Gasteiger partial charge in [-0.2, -0.15) is 0 Å². The van der Waals surface area contributed by atoms with E-state index in [0.29, 0.717) is 0 Å². The molecule has 10 heavy (non-hydrogen) atoms. The molecule has 0 rings (SSSR count). The molecule has 0 aromatic rings. The summed E-state index contributed by atoms with van der Waals surface area (Å²) < 4.78 is 21.1. The van der Waals surface area contributed by atoms with Crippen LogP contribution in [0.3, 0.4) is 0 Å². The van der Waals surface area contributed by atoms with E-state index in [0.717, 1.165) is 0 Å². The molecule has 0 radical (unpaired) electrons. The van der Waals surface area contributed by atoms with Gasteiger partial charge in [0, 0.05) is 0 Å². The Kier molecular flexibility index (Phi) is 6.12.